The van der Waals surface area contributed by atoms with Crippen LogP contribution < -0.4 is 4.74 Å². The van der Waals surface area contributed by atoms with Crippen LogP contribution in [0, 0.1) is 0 Å². The SMILES string of the molecule is COc1ccccc1/C=C/C=C1/C(=O)ON=C1c1ccccc1. The number of benzene rings is 2. The van der Waals surface area contributed by atoms with Crippen molar-refractivity contribution in [1.29, 1.82) is 0 Å². The first kappa shape index (κ1) is 14.8. The van der Waals surface area contributed by atoms with Gasteiger partial charge in [-0.1, -0.05) is 65.8 Å². The Morgan fingerprint density at radius 2 is 1.78 bits per heavy atom. The fraction of sp³-hybridized carbons (Fsp3) is 0.0526. The molecular weight excluding hydrogens is 290 g/mol. The number of carbonyl (C=O) groups is 1. The van der Waals surface area contributed by atoms with E-state index in [0.717, 1.165) is 16.9 Å². The molecule has 1 aliphatic rings. The molecule has 1 aliphatic heterocycles. The Bertz CT molecular complexity index is 804. The lowest BCUT2D eigenvalue weighted by atomic mass is 10.0. The van der Waals surface area contributed by atoms with E-state index >= 15 is 0 Å². The Morgan fingerprint density at radius 3 is 2.57 bits per heavy atom. The summed E-state index contributed by atoms with van der Waals surface area (Å²) in [7, 11) is 1.62. The van der Waals surface area contributed by atoms with Gasteiger partial charge in [0.1, 0.15) is 11.5 Å². The van der Waals surface area contributed by atoms with Gasteiger partial charge >= 0.3 is 5.97 Å². The van der Waals surface area contributed by atoms with E-state index in [0.29, 0.717) is 11.3 Å². The standard InChI is InChI=1S/C19H15NO3/c1-22-17-13-6-5-8-14(17)11-7-12-16-18(20-23-19(16)21)15-9-3-2-4-10-15/h2-13H,1H3/b11-7+,16-12+. The third-order valence-electron chi connectivity index (χ3n) is 3.42. The second kappa shape index (κ2) is 6.75. The first-order valence-corrected chi connectivity index (χ1v) is 7.16. The fourth-order valence-electron chi connectivity index (χ4n) is 2.29. The number of allylic oxidation sites excluding steroid dienone is 2. The van der Waals surface area contributed by atoms with Gasteiger partial charge in [0, 0.05) is 11.1 Å². The minimum Gasteiger partial charge on any atom is -0.496 e. The zero-order chi connectivity index (χ0) is 16.1. The number of hydrogen-bond donors (Lipinski definition) is 0. The number of rotatable bonds is 4. The highest BCUT2D eigenvalue weighted by Crippen LogP contribution is 2.20. The lowest BCUT2D eigenvalue weighted by Gasteiger charge is -2.02. The first-order valence-electron chi connectivity index (χ1n) is 7.16. The summed E-state index contributed by atoms with van der Waals surface area (Å²) in [6.45, 7) is 0. The van der Waals surface area contributed by atoms with Crippen molar-refractivity contribution in [2.45, 2.75) is 0 Å². The van der Waals surface area contributed by atoms with Crippen molar-refractivity contribution < 1.29 is 14.4 Å². The van der Waals surface area contributed by atoms with E-state index in [1.165, 1.54) is 0 Å². The van der Waals surface area contributed by atoms with Crippen molar-refractivity contribution in [2.75, 3.05) is 7.11 Å². The van der Waals surface area contributed by atoms with Gasteiger partial charge in [0.25, 0.3) is 0 Å². The number of nitrogens with zero attached hydrogens (tertiary/aromatic N) is 1. The van der Waals surface area contributed by atoms with Gasteiger partial charge in [0.2, 0.25) is 0 Å². The maximum Gasteiger partial charge on any atom is 0.368 e. The van der Waals surface area contributed by atoms with Crippen LogP contribution in [0.4, 0.5) is 0 Å². The quantitative estimate of drug-likeness (QED) is 0.640. The topological polar surface area (TPSA) is 47.9 Å². The minimum atomic E-state index is -0.450. The smallest absolute Gasteiger partial charge is 0.368 e. The summed E-state index contributed by atoms with van der Waals surface area (Å²) in [5.74, 6) is 0.321. The van der Waals surface area contributed by atoms with Crippen molar-refractivity contribution in [1.82, 2.24) is 0 Å². The molecule has 0 saturated heterocycles. The summed E-state index contributed by atoms with van der Waals surface area (Å²) >= 11 is 0. The molecule has 23 heavy (non-hydrogen) atoms. The normalized spacial score (nSPS) is 15.8. The van der Waals surface area contributed by atoms with Crippen LogP contribution in [-0.4, -0.2) is 18.8 Å². The van der Waals surface area contributed by atoms with Crippen molar-refractivity contribution in [3.05, 3.63) is 83.4 Å². The third kappa shape index (κ3) is 3.21. The second-order valence-electron chi connectivity index (χ2n) is 4.87. The molecule has 0 bridgehead atoms. The summed E-state index contributed by atoms with van der Waals surface area (Å²) in [4.78, 5) is 16.7. The fourth-order valence-corrected chi connectivity index (χ4v) is 2.29. The van der Waals surface area contributed by atoms with Gasteiger partial charge < -0.3 is 9.57 Å². The molecule has 0 aromatic heterocycles. The molecule has 114 valence electrons. The van der Waals surface area contributed by atoms with Crippen LogP contribution in [-0.2, 0) is 9.63 Å². The zero-order valence-corrected chi connectivity index (χ0v) is 12.6. The van der Waals surface area contributed by atoms with Gasteiger partial charge in [-0.3, -0.25) is 0 Å². The van der Waals surface area contributed by atoms with Crippen LogP contribution >= 0.6 is 0 Å². The van der Waals surface area contributed by atoms with E-state index in [2.05, 4.69) is 5.16 Å². The van der Waals surface area contributed by atoms with E-state index < -0.39 is 5.97 Å². The molecule has 0 radical (unpaired) electrons. The molecule has 0 N–H and O–H groups in total. The molecule has 0 atom stereocenters. The number of para-hydroxylation sites is 1. The van der Waals surface area contributed by atoms with Crippen LogP contribution in [0.3, 0.4) is 0 Å². The molecule has 0 amide bonds. The van der Waals surface area contributed by atoms with Gasteiger partial charge in [-0.05, 0) is 12.1 Å². The largest absolute Gasteiger partial charge is 0.496 e. The lowest BCUT2D eigenvalue weighted by molar-refractivity contribution is -0.136. The molecule has 0 saturated carbocycles. The Hall–Kier alpha value is -3.14. The minimum absolute atomic E-state index is 0.433. The van der Waals surface area contributed by atoms with Crippen LogP contribution in [0.1, 0.15) is 11.1 Å². The first-order chi connectivity index (χ1) is 11.3. The number of oxime groups is 1. The van der Waals surface area contributed by atoms with Crippen molar-refractivity contribution >= 4 is 17.8 Å². The molecule has 0 unspecified atom stereocenters. The Morgan fingerprint density at radius 1 is 1.04 bits per heavy atom. The summed E-state index contributed by atoms with van der Waals surface area (Å²) in [5.41, 5.74) is 2.74. The molecule has 0 spiro atoms. The number of ether oxygens (including phenoxy) is 1. The molecule has 2 aromatic rings. The van der Waals surface area contributed by atoms with Crippen LogP contribution in [0.15, 0.2) is 77.5 Å². The van der Waals surface area contributed by atoms with E-state index in [1.54, 1.807) is 19.3 Å². The highest BCUT2D eigenvalue weighted by atomic mass is 16.7. The molecule has 0 fully saturated rings. The molecule has 3 rings (SSSR count). The van der Waals surface area contributed by atoms with Crippen LogP contribution in [0.25, 0.3) is 6.08 Å². The average Bonchev–Trinajstić information content (AvgIpc) is 2.97. The summed E-state index contributed by atoms with van der Waals surface area (Å²) in [5, 5.41) is 3.87. The molecule has 1 heterocycles. The van der Waals surface area contributed by atoms with E-state index in [-0.39, 0.29) is 0 Å². The lowest BCUT2D eigenvalue weighted by Crippen LogP contribution is -2.06. The second-order valence-corrected chi connectivity index (χ2v) is 4.87. The molecule has 4 heteroatoms. The number of hydrogen-bond acceptors (Lipinski definition) is 4. The van der Waals surface area contributed by atoms with E-state index in [9.17, 15) is 4.79 Å². The number of carbonyl (C=O) groups excluding carboxylic acids is 1. The summed E-state index contributed by atoms with van der Waals surface area (Å²) in [6, 6.07) is 17.1. The van der Waals surface area contributed by atoms with Crippen LogP contribution in [0.5, 0.6) is 5.75 Å². The van der Waals surface area contributed by atoms with Crippen LogP contribution in [0.2, 0.25) is 0 Å². The highest BCUT2D eigenvalue weighted by molar-refractivity contribution is 6.29. The maximum absolute atomic E-state index is 11.9. The zero-order valence-electron chi connectivity index (χ0n) is 12.6. The predicted molar refractivity (Wildman–Crippen MR) is 89.2 cm³/mol. The monoisotopic (exact) mass is 305 g/mol. The van der Waals surface area contributed by atoms with Gasteiger partial charge in [0.05, 0.1) is 12.7 Å². The van der Waals surface area contributed by atoms with Gasteiger partial charge in [-0.2, -0.15) is 0 Å². The average molecular weight is 305 g/mol. The molecule has 2 aromatic carbocycles. The van der Waals surface area contributed by atoms with Crippen molar-refractivity contribution in [2.24, 2.45) is 5.16 Å². The van der Waals surface area contributed by atoms with Gasteiger partial charge in [-0.25, -0.2) is 4.79 Å². The molecule has 0 aliphatic carbocycles. The van der Waals surface area contributed by atoms with Gasteiger partial charge in [-0.15, -0.1) is 0 Å². The summed E-state index contributed by atoms with van der Waals surface area (Å²) in [6.07, 6.45) is 5.37. The van der Waals surface area contributed by atoms with E-state index in [4.69, 9.17) is 9.57 Å². The molecular formula is C19H15NO3. The number of methoxy groups -OCH3 is 1. The Balaban J connectivity index is 1.87. The van der Waals surface area contributed by atoms with Crippen molar-refractivity contribution in [3.8, 4) is 5.75 Å². The third-order valence-corrected chi connectivity index (χ3v) is 3.42. The maximum atomic E-state index is 11.9. The summed E-state index contributed by atoms with van der Waals surface area (Å²) < 4.78 is 5.29. The Labute approximate surface area is 134 Å². The van der Waals surface area contributed by atoms with Crippen molar-refractivity contribution in [3.63, 3.8) is 0 Å². The van der Waals surface area contributed by atoms with Gasteiger partial charge in [0.15, 0.2) is 0 Å². The molecule has 4 nitrogen and oxygen atoms in total. The Kier molecular flexibility index (Phi) is 4.34. The van der Waals surface area contributed by atoms with E-state index in [1.807, 2.05) is 60.7 Å². The predicted octanol–water partition coefficient (Wildman–Crippen LogP) is 3.60. The highest BCUT2D eigenvalue weighted by Gasteiger charge is 2.25.